The van der Waals surface area contributed by atoms with Crippen molar-refractivity contribution in [3.8, 4) is 11.5 Å². The van der Waals surface area contributed by atoms with Gasteiger partial charge in [-0.2, -0.15) is 13.2 Å². The predicted octanol–water partition coefficient (Wildman–Crippen LogP) is 9.92. The molecule has 0 spiro atoms. The van der Waals surface area contributed by atoms with Crippen LogP contribution in [0.4, 0.5) is 92.2 Å². The number of rotatable bonds is 5. The zero-order chi connectivity index (χ0) is 40.3. The molecule has 2 nitrogen and oxygen atoms in total. The first-order valence-corrected chi connectivity index (χ1v) is 13.4. The molecule has 0 radical (unpaired) electrons. The van der Waals surface area contributed by atoms with Crippen molar-refractivity contribution in [3.05, 3.63) is 122 Å². The van der Waals surface area contributed by atoms with E-state index in [2.05, 4.69) is 9.31 Å². The Morgan fingerprint density at radius 2 is 0.444 bits per heavy atom. The molecule has 0 heterocycles. The average Bonchev–Trinajstić information content (AvgIpc) is 3.14. The zero-order valence-electron chi connectivity index (χ0n) is 24.3. The van der Waals surface area contributed by atoms with Crippen LogP contribution in [0.25, 0.3) is 32.3 Å². The van der Waals surface area contributed by atoms with Crippen molar-refractivity contribution in [3.63, 3.8) is 0 Å². The van der Waals surface area contributed by atoms with E-state index < -0.39 is 179 Å². The first-order valence-electron chi connectivity index (χ1n) is 13.4. The summed E-state index contributed by atoms with van der Waals surface area (Å²) in [4.78, 5) is 0. The van der Waals surface area contributed by atoms with Crippen molar-refractivity contribution in [1.82, 2.24) is 0 Å². The summed E-state index contributed by atoms with van der Waals surface area (Å²) in [6.07, 6.45) is 0. The second kappa shape index (κ2) is 12.7. The molecule has 6 aromatic rings. The minimum atomic E-state index is -4.23. The minimum absolute atomic E-state index is 2.38. The molecule has 282 valence electrons. The monoisotopic (exact) mass is 802 g/mol. The van der Waals surface area contributed by atoms with Gasteiger partial charge in [-0.25, -0.2) is 79.0 Å². The Balaban J connectivity index is 1.82. The van der Waals surface area contributed by atoms with E-state index in [9.17, 15) is 70.2 Å². The number of hydrogen-bond donors (Lipinski definition) is 0. The van der Waals surface area contributed by atoms with E-state index in [1.165, 1.54) is 0 Å². The third kappa shape index (κ3) is 4.97. The normalized spacial score (nSPS) is 11.8. The van der Waals surface area contributed by atoms with Crippen molar-refractivity contribution in [1.29, 1.82) is 0 Å². The van der Waals surface area contributed by atoms with Crippen LogP contribution in [-0.4, -0.2) is 7.12 Å². The maximum atomic E-state index is 15.9. The first kappa shape index (κ1) is 38.0. The van der Waals surface area contributed by atoms with Crippen LogP contribution in [0, 0.1) is 122 Å². The highest BCUT2D eigenvalue weighted by atomic mass is 19.2. The van der Waals surface area contributed by atoms with Gasteiger partial charge in [0, 0.05) is 5.39 Å². The second-order valence-electron chi connectivity index (χ2n) is 10.5. The minimum Gasteiger partial charge on any atom is -0.519 e. The average molecular weight is 802 g/mol. The molecule has 6 aromatic carbocycles. The molecule has 0 saturated carbocycles. The largest absolute Gasteiger partial charge is 0.636 e. The van der Waals surface area contributed by atoms with E-state index in [4.69, 9.17) is 0 Å². The van der Waals surface area contributed by atoms with Crippen LogP contribution in [0.2, 0.25) is 0 Å². The molecule has 0 N–H and O–H groups in total. The van der Waals surface area contributed by atoms with Gasteiger partial charge in [0.1, 0.15) is 11.6 Å². The Morgan fingerprint density at radius 3 is 0.870 bits per heavy atom. The summed E-state index contributed by atoms with van der Waals surface area (Å²) in [7, 11) is -4.23. The number of halogens is 21. The fourth-order valence-corrected chi connectivity index (χ4v) is 5.25. The molecule has 0 atom stereocenters. The first-order chi connectivity index (χ1) is 25.1. The molecule has 54 heavy (non-hydrogen) atoms. The van der Waals surface area contributed by atoms with E-state index in [1.54, 1.807) is 0 Å². The molecule has 0 unspecified atom stereocenters. The van der Waals surface area contributed by atoms with Gasteiger partial charge in [-0.3, -0.25) is 0 Å². The van der Waals surface area contributed by atoms with Crippen LogP contribution in [0.1, 0.15) is 0 Å². The molecule has 6 rings (SSSR count). The Morgan fingerprint density at radius 1 is 0.204 bits per heavy atom. The highest BCUT2D eigenvalue weighted by Crippen LogP contribution is 2.44. The predicted molar refractivity (Wildman–Crippen MR) is 138 cm³/mol. The SMILES string of the molecule is Fc1c(F)c(F)c(OB(Oc2c(F)c(F)c(F)c3c(F)c4c(F)c(F)c(F)c(F)c4c(F)c23)c2c(F)c(F)c(F)c3c(F)c(F)c(F)c(F)c23)c(F)c1F. The summed E-state index contributed by atoms with van der Waals surface area (Å²) < 4.78 is 317. The van der Waals surface area contributed by atoms with E-state index in [0.717, 1.165) is 0 Å². The number of benzene rings is 6. The molecule has 0 aliphatic heterocycles. The summed E-state index contributed by atoms with van der Waals surface area (Å²) in [5.74, 6) is -69.1. The molecule has 0 aliphatic carbocycles. The zero-order valence-corrected chi connectivity index (χ0v) is 24.3. The number of fused-ring (bicyclic) bond motifs is 3. The summed E-state index contributed by atoms with van der Waals surface area (Å²) in [6.45, 7) is 0. The van der Waals surface area contributed by atoms with Crippen LogP contribution in [0.15, 0.2) is 0 Å². The molecular formula is C30BF21O2. The summed E-state index contributed by atoms with van der Waals surface area (Å²) in [6, 6.07) is 0. The lowest BCUT2D eigenvalue weighted by Gasteiger charge is -2.23. The maximum absolute atomic E-state index is 15.9. The molecule has 24 heteroatoms. The third-order valence-electron chi connectivity index (χ3n) is 7.66. The topological polar surface area (TPSA) is 18.5 Å². The van der Waals surface area contributed by atoms with Gasteiger partial charge in [-0.15, -0.1) is 0 Å². The Hall–Kier alpha value is -5.71. The van der Waals surface area contributed by atoms with Gasteiger partial charge in [0.2, 0.25) is 34.9 Å². The second-order valence-corrected chi connectivity index (χ2v) is 10.5. The molecular weight excluding hydrogens is 802 g/mol. The van der Waals surface area contributed by atoms with E-state index in [-0.39, 0.29) is 0 Å². The van der Waals surface area contributed by atoms with E-state index in [1.807, 2.05) is 0 Å². The fraction of sp³-hybridized carbons (Fsp3) is 0. The molecule has 0 bridgehead atoms. The lowest BCUT2D eigenvalue weighted by molar-refractivity contribution is 0.331. The van der Waals surface area contributed by atoms with Gasteiger partial charge >= 0.3 is 7.12 Å². The van der Waals surface area contributed by atoms with Crippen LogP contribution in [0.5, 0.6) is 11.5 Å². The molecule has 0 saturated heterocycles. The molecule has 0 fully saturated rings. The Kier molecular flexibility index (Phi) is 8.95. The summed E-state index contributed by atoms with van der Waals surface area (Å²) in [5, 5.41) is -14.9. The third-order valence-corrected chi connectivity index (χ3v) is 7.66. The van der Waals surface area contributed by atoms with Crippen LogP contribution < -0.4 is 14.8 Å². The maximum Gasteiger partial charge on any atom is 0.636 e. The van der Waals surface area contributed by atoms with Gasteiger partial charge in [-0.1, -0.05) is 0 Å². The van der Waals surface area contributed by atoms with E-state index >= 15 is 22.0 Å². The molecule has 0 amide bonds. The molecule has 0 aromatic heterocycles. The van der Waals surface area contributed by atoms with Crippen molar-refractivity contribution in [2.24, 2.45) is 0 Å². The summed E-state index contributed by atoms with van der Waals surface area (Å²) >= 11 is 0. The molecule has 0 aliphatic rings. The van der Waals surface area contributed by atoms with Crippen molar-refractivity contribution in [2.75, 3.05) is 0 Å². The van der Waals surface area contributed by atoms with Gasteiger partial charge in [0.15, 0.2) is 87.1 Å². The Bertz CT molecular complexity index is 2660. The van der Waals surface area contributed by atoms with Crippen molar-refractivity contribution < 1.29 is 102 Å². The summed E-state index contributed by atoms with van der Waals surface area (Å²) in [5.41, 5.74) is -2.69. The highest BCUT2D eigenvalue weighted by Gasteiger charge is 2.44. The van der Waals surface area contributed by atoms with Crippen molar-refractivity contribution >= 4 is 44.9 Å². The quantitative estimate of drug-likeness (QED) is 0.0569. The fourth-order valence-electron chi connectivity index (χ4n) is 5.25. The van der Waals surface area contributed by atoms with Crippen LogP contribution in [0.3, 0.4) is 0 Å². The van der Waals surface area contributed by atoms with Gasteiger partial charge in [-0.05, 0) is 0 Å². The van der Waals surface area contributed by atoms with Gasteiger partial charge < -0.3 is 9.31 Å². The lowest BCUT2D eigenvalue weighted by Crippen LogP contribution is -2.47. The van der Waals surface area contributed by atoms with Crippen molar-refractivity contribution in [2.45, 2.75) is 0 Å². The van der Waals surface area contributed by atoms with Gasteiger partial charge in [0.05, 0.1) is 32.4 Å². The standard InChI is InChI=1S/C30BF21O2/c32-8-3-4(14(38)21(45)20(44)13(3)37)9(33)6-5(8)15(39)22(46)26(50)29(6)53-31(54-30-27(51)24(48)23(47)25(49)28(30)52)7-1-2(11(35)17(41)16(7)40)12(36)19(43)18(42)10(1)34. The Labute approximate surface area is 280 Å². The van der Waals surface area contributed by atoms with Gasteiger partial charge in [0.25, 0.3) is 0 Å². The van der Waals surface area contributed by atoms with Crippen LogP contribution in [-0.2, 0) is 0 Å². The smallest absolute Gasteiger partial charge is 0.519 e. The lowest BCUT2D eigenvalue weighted by atomic mass is 9.74. The van der Waals surface area contributed by atoms with Crippen LogP contribution >= 0.6 is 0 Å². The van der Waals surface area contributed by atoms with E-state index in [0.29, 0.717) is 0 Å². The number of hydrogen-bond acceptors (Lipinski definition) is 2. The highest BCUT2D eigenvalue weighted by molar-refractivity contribution is 6.66.